The molecular weight excluding hydrogens is 267 g/mol. The van der Waals surface area contributed by atoms with Gasteiger partial charge in [-0.05, 0) is 0 Å². The minimum atomic E-state index is 0.539. The fourth-order valence-corrected chi connectivity index (χ4v) is 4.96. The molecule has 76 valence electrons. The topological polar surface area (TPSA) is 0 Å². The van der Waals surface area contributed by atoms with Crippen molar-refractivity contribution in [3.05, 3.63) is 66.2 Å². The summed E-state index contributed by atoms with van der Waals surface area (Å²) in [4.78, 5) is 0. The third-order valence-corrected chi connectivity index (χ3v) is 5.99. The van der Waals surface area contributed by atoms with Crippen molar-refractivity contribution in [1.82, 2.24) is 0 Å². The zero-order chi connectivity index (χ0) is 10.3. The van der Waals surface area contributed by atoms with E-state index in [1.54, 1.807) is 0 Å². The molecule has 0 nitrogen and oxygen atoms in total. The summed E-state index contributed by atoms with van der Waals surface area (Å²) in [5.74, 6) is 1.12. The molecule has 2 aromatic rings. The summed E-state index contributed by atoms with van der Waals surface area (Å²) in [7, 11) is 2.02. The van der Waals surface area contributed by atoms with Crippen molar-refractivity contribution in [2.45, 2.75) is 5.75 Å². The van der Waals surface area contributed by atoms with Crippen LogP contribution in [0, 0.1) is 0 Å². The molecule has 0 aliphatic carbocycles. The number of benzene rings is 2. The van der Waals surface area contributed by atoms with Crippen LogP contribution in [0.3, 0.4) is 0 Å². The standard InChI is InChI=1S/C13H12SSe/c1-3-7-12(8-4-1)11-14-15-13-9-5-2-6-10-13/h1-10H,11H2. The summed E-state index contributed by atoms with van der Waals surface area (Å²) in [5, 5.41) is 0. The van der Waals surface area contributed by atoms with Crippen molar-refractivity contribution in [3.8, 4) is 0 Å². The third-order valence-electron chi connectivity index (χ3n) is 1.97. The van der Waals surface area contributed by atoms with Crippen molar-refractivity contribution in [2.75, 3.05) is 0 Å². The van der Waals surface area contributed by atoms with Gasteiger partial charge >= 0.3 is 100 Å². The summed E-state index contributed by atoms with van der Waals surface area (Å²) >= 11 is 0.539. The van der Waals surface area contributed by atoms with Gasteiger partial charge in [-0.2, -0.15) is 0 Å². The molecule has 0 aliphatic rings. The van der Waals surface area contributed by atoms with E-state index in [4.69, 9.17) is 0 Å². The van der Waals surface area contributed by atoms with E-state index in [1.165, 1.54) is 10.0 Å². The Kier molecular flexibility index (Phi) is 4.34. The van der Waals surface area contributed by atoms with Gasteiger partial charge in [0.2, 0.25) is 0 Å². The molecule has 0 radical (unpaired) electrons. The van der Waals surface area contributed by atoms with Crippen LogP contribution >= 0.6 is 10.2 Å². The summed E-state index contributed by atoms with van der Waals surface area (Å²) in [6.45, 7) is 0. The van der Waals surface area contributed by atoms with E-state index in [2.05, 4.69) is 60.7 Å². The molecule has 0 fully saturated rings. The zero-order valence-corrected chi connectivity index (χ0v) is 10.8. The molecule has 2 heteroatoms. The molecule has 0 amide bonds. The van der Waals surface area contributed by atoms with Crippen LogP contribution in [0.15, 0.2) is 60.7 Å². The second kappa shape index (κ2) is 6.02. The molecule has 0 N–H and O–H groups in total. The fourth-order valence-electron chi connectivity index (χ4n) is 1.22. The first-order chi connectivity index (χ1) is 7.45. The second-order valence-electron chi connectivity index (χ2n) is 3.14. The van der Waals surface area contributed by atoms with Crippen LogP contribution in [0.1, 0.15) is 5.56 Å². The SMILES string of the molecule is c1ccc(CS[Se]c2ccccc2)cc1. The van der Waals surface area contributed by atoms with Crippen LogP contribution in [0.2, 0.25) is 0 Å². The first-order valence-electron chi connectivity index (χ1n) is 4.83. The molecule has 0 aliphatic heterocycles. The van der Waals surface area contributed by atoms with Gasteiger partial charge in [0, 0.05) is 0 Å². The molecule has 2 rings (SSSR count). The average Bonchev–Trinajstić information content (AvgIpc) is 2.32. The maximum absolute atomic E-state index is 2.21. The Bertz CT molecular complexity index is 346. The first kappa shape index (κ1) is 10.8. The van der Waals surface area contributed by atoms with Crippen LogP contribution in [-0.2, 0) is 5.75 Å². The van der Waals surface area contributed by atoms with Crippen molar-refractivity contribution in [1.29, 1.82) is 0 Å². The van der Waals surface area contributed by atoms with Crippen molar-refractivity contribution in [3.63, 3.8) is 0 Å². The second-order valence-corrected chi connectivity index (χ2v) is 7.36. The number of hydrogen-bond acceptors (Lipinski definition) is 1. The van der Waals surface area contributed by atoms with E-state index in [9.17, 15) is 0 Å². The van der Waals surface area contributed by atoms with Gasteiger partial charge in [-0.1, -0.05) is 0 Å². The maximum atomic E-state index is 2.21. The first-order valence-corrected chi connectivity index (χ1v) is 8.70. The monoisotopic (exact) mass is 280 g/mol. The predicted molar refractivity (Wildman–Crippen MR) is 69.6 cm³/mol. The molecule has 2 aromatic carbocycles. The van der Waals surface area contributed by atoms with E-state index in [0.717, 1.165) is 5.75 Å². The average molecular weight is 279 g/mol. The Morgan fingerprint density at radius 3 is 2.07 bits per heavy atom. The molecule has 0 aromatic heterocycles. The van der Waals surface area contributed by atoms with Gasteiger partial charge < -0.3 is 0 Å². The van der Waals surface area contributed by atoms with Crippen molar-refractivity contribution < 1.29 is 0 Å². The molecule has 15 heavy (non-hydrogen) atoms. The van der Waals surface area contributed by atoms with Gasteiger partial charge in [0.25, 0.3) is 0 Å². The minimum absolute atomic E-state index is 0.539. The van der Waals surface area contributed by atoms with Crippen LogP contribution in [0.25, 0.3) is 0 Å². The van der Waals surface area contributed by atoms with Gasteiger partial charge in [-0.15, -0.1) is 0 Å². The van der Waals surface area contributed by atoms with Gasteiger partial charge in [0.15, 0.2) is 0 Å². The van der Waals surface area contributed by atoms with Crippen LogP contribution in [0.5, 0.6) is 0 Å². The van der Waals surface area contributed by atoms with E-state index in [1.807, 2.05) is 10.2 Å². The fraction of sp³-hybridized carbons (Fsp3) is 0.0769. The molecule has 0 atom stereocenters. The quantitative estimate of drug-likeness (QED) is 0.776. The summed E-state index contributed by atoms with van der Waals surface area (Å²) in [5.41, 5.74) is 1.42. The van der Waals surface area contributed by atoms with Gasteiger partial charge in [-0.3, -0.25) is 0 Å². The number of rotatable bonds is 4. The van der Waals surface area contributed by atoms with Gasteiger partial charge in [0.05, 0.1) is 0 Å². The molecule has 0 saturated heterocycles. The van der Waals surface area contributed by atoms with Crippen LogP contribution in [-0.4, -0.2) is 13.8 Å². The summed E-state index contributed by atoms with van der Waals surface area (Å²) in [6.07, 6.45) is 0. The van der Waals surface area contributed by atoms with Gasteiger partial charge in [-0.25, -0.2) is 0 Å². The molecule has 0 bridgehead atoms. The van der Waals surface area contributed by atoms with Crippen molar-refractivity contribution >= 4 is 28.5 Å². The Labute approximate surface area is 100 Å². The van der Waals surface area contributed by atoms with Crippen molar-refractivity contribution in [2.24, 2.45) is 0 Å². The Morgan fingerprint density at radius 1 is 0.800 bits per heavy atom. The number of hydrogen-bond donors (Lipinski definition) is 0. The zero-order valence-electron chi connectivity index (χ0n) is 8.30. The van der Waals surface area contributed by atoms with E-state index < -0.39 is 0 Å². The Balaban J connectivity index is 1.81. The summed E-state index contributed by atoms with van der Waals surface area (Å²) in [6, 6.07) is 21.4. The Hall–Kier alpha value is -0.691. The van der Waals surface area contributed by atoms with E-state index in [-0.39, 0.29) is 0 Å². The normalized spacial score (nSPS) is 10.1. The van der Waals surface area contributed by atoms with Crippen LogP contribution in [0.4, 0.5) is 0 Å². The Morgan fingerprint density at radius 2 is 1.40 bits per heavy atom. The third kappa shape index (κ3) is 3.75. The summed E-state index contributed by atoms with van der Waals surface area (Å²) < 4.78 is 1.46. The molecule has 0 heterocycles. The van der Waals surface area contributed by atoms with Gasteiger partial charge in [0.1, 0.15) is 0 Å². The van der Waals surface area contributed by atoms with Crippen LogP contribution < -0.4 is 4.46 Å². The molecule has 0 spiro atoms. The molecule has 0 unspecified atom stereocenters. The predicted octanol–water partition coefficient (Wildman–Crippen LogP) is 2.86. The van der Waals surface area contributed by atoms with E-state index in [0.29, 0.717) is 13.8 Å². The molecular formula is C13H12SSe. The molecule has 0 saturated carbocycles. The van der Waals surface area contributed by atoms with E-state index >= 15 is 0 Å².